The third-order valence-electron chi connectivity index (χ3n) is 3.64. The second kappa shape index (κ2) is 6.85. The summed E-state index contributed by atoms with van der Waals surface area (Å²) in [5.41, 5.74) is 0.684. The van der Waals surface area contributed by atoms with E-state index >= 15 is 0 Å². The highest BCUT2D eigenvalue weighted by molar-refractivity contribution is 4.95. The molecule has 1 unspecified atom stereocenters. The third-order valence-corrected chi connectivity index (χ3v) is 3.64. The van der Waals surface area contributed by atoms with Gasteiger partial charge < -0.3 is 9.84 Å². The number of unbranched alkanes of at least 4 members (excludes halogenated alkanes) is 1. The van der Waals surface area contributed by atoms with Gasteiger partial charge in [-0.1, -0.05) is 19.3 Å². The Hall–Kier alpha value is -0.940. The molecule has 1 atom stereocenters. The molecule has 18 heavy (non-hydrogen) atoms. The van der Waals surface area contributed by atoms with Crippen LogP contribution in [0.3, 0.4) is 0 Å². The van der Waals surface area contributed by atoms with Gasteiger partial charge in [0.2, 0.25) is 0 Å². The van der Waals surface area contributed by atoms with Gasteiger partial charge >= 0.3 is 0 Å². The summed E-state index contributed by atoms with van der Waals surface area (Å²) < 4.78 is 5.35. The van der Waals surface area contributed by atoms with Gasteiger partial charge in [-0.2, -0.15) is 15.0 Å². The summed E-state index contributed by atoms with van der Waals surface area (Å²) in [5, 5.41) is 18.0. The predicted molar refractivity (Wildman–Crippen MR) is 68.0 cm³/mol. The summed E-state index contributed by atoms with van der Waals surface area (Å²) in [5.74, 6) is 0.826. The molecule has 0 aromatic carbocycles. The van der Waals surface area contributed by atoms with E-state index in [1.165, 1.54) is 30.5 Å². The lowest BCUT2D eigenvalue weighted by atomic mass is 9.93. The Morgan fingerprint density at radius 1 is 1.44 bits per heavy atom. The number of hydrogen-bond donors (Lipinski definition) is 1. The van der Waals surface area contributed by atoms with Crippen LogP contribution in [0.5, 0.6) is 0 Å². The number of nitrogens with zero attached hydrogens (tertiary/aromatic N) is 3. The van der Waals surface area contributed by atoms with Crippen LogP contribution in [0, 0.1) is 5.92 Å². The van der Waals surface area contributed by atoms with E-state index in [9.17, 15) is 5.11 Å². The monoisotopic (exact) mass is 253 g/mol. The van der Waals surface area contributed by atoms with Crippen LogP contribution >= 0.6 is 0 Å². The Balaban J connectivity index is 1.60. The molecular weight excluding hydrogens is 230 g/mol. The molecule has 0 saturated carbocycles. The van der Waals surface area contributed by atoms with Crippen molar-refractivity contribution < 1.29 is 9.84 Å². The van der Waals surface area contributed by atoms with E-state index in [-0.39, 0.29) is 0 Å². The topological polar surface area (TPSA) is 60.2 Å². The van der Waals surface area contributed by atoms with E-state index in [2.05, 4.69) is 10.2 Å². The van der Waals surface area contributed by atoms with Gasteiger partial charge in [0, 0.05) is 20.3 Å². The lowest BCUT2D eigenvalue weighted by molar-refractivity contribution is 0.0625. The van der Waals surface area contributed by atoms with E-state index in [0.29, 0.717) is 5.69 Å². The van der Waals surface area contributed by atoms with Gasteiger partial charge in [-0.3, -0.25) is 0 Å². The van der Waals surface area contributed by atoms with Crippen molar-refractivity contribution in [3.63, 3.8) is 0 Å². The fourth-order valence-electron chi connectivity index (χ4n) is 2.47. The van der Waals surface area contributed by atoms with Crippen LogP contribution in [-0.2, 0) is 11.8 Å². The molecule has 0 spiro atoms. The molecule has 1 saturated heterocycles. The van der Waals surface area contributed by atoms with Crippen molar-refractivity contribution in [1.82, 2.24) is 15.0 Å². The van der Waals surface area contributed by atoms with Crippen molar-refractivity contribution in [3.05, 3.63) is 11.9 Å². The Morgan fingerprint density at radius 3 is 2.89 bits per heavy atom. The number of aliphatic hydroxyl groups is 1. The maximum Gasteiger partial charge on any atom is 0.111 e. The molecule has 5 nitrogen and oxygen atoms in total. The molecular formula is C13H23N3O2. The van der Waals surface area contributed by atoms with Gasteiger partial charge in [-0.25, -0.2) is 0 Å². The average Bonchev–Trinajstić information content (AvgIpc) is 2.82. The fourth-order valence-corrected chi connectivity index (χ4v) is 2.47. The van der Waals surface area contributed by atoms with Crippen LogP contribution in [0.25, 0.3) is 0 Å². The van der Waals surface area contributed by atoms with E-state index in [1.807, 2.05) is 0 Å². The fraction of sp³-hybridized carbons (Fsp3) is 0.846. The molecule has 0 amide bonds. The minimum atomic E-state index is -0.464. The first kappa shape index (κ1) is 13.5. The number of aliphatic hydroxyl groups excluding tert-OH is 1. The number of hydrogen-bond acceptors (Lipinski definition) is 4. The predicted octanol–water partition coefficient (Wildman–Crippen LogP) is 1.84. The van der Waals surface area contributed by atoms with Crippen LogP contribution in [0.15, 0.2) is 6.20 Å². The van der Waals surface area contributed by atoms with Crippen LogP contribution in [0.1, 0.15) is 50.3 Å². The van der Waals surface area contributed by atoms with Crippen LogP contribution in [-0.4, -0.2) is 33.3 Å². The first-order valence-corrected chi connectivity index (χ1v) is 6.87. The van der Waals surface area contributed by atoms with Gasteiger partial charge in [-0.05, 0) is 25.2 Å². The van der Waals surface area contributed by atoms with Gasteiger partial charge in [0.15, 0.2) is 0 Å². The molecule has 0 aliphatic carbocycles. The minimum absolute atomic E-state index is 0.464. The molecule has 2 rings (SSSR count). The van der Waals surface area contributed by atoms with E-state index in [1.54, 1.807) is 13.2 Å². The second-order valence-electron chi connectivity index (χ2n) is 5.11. The van der Waals surface area contributed by atoms with Gasteiger partial charge in [0.1, 0.15) is 5.69 Å². The highest BCUT2D eigenvalue weighted by Gasteiger charge is 2.14. The van der Waals surface area contributed by atoms with E-state index in [4.69, 9.17) is 4.74 Å². The highest BCUT2D eigenvalue weighted by Crippen LogP contribution is 2.23. The summed E-state index contributed by atoms with van der Waals surface area (Å²) in [6.07, 6.45) is 7.85. The van der Waals surface area contributed by atoms with Crippen LogP contribution < -0.4 is 0 Å². The quantitative estimate of drug-likeness (QED) is 0.786. The summed E-state index contributed by atoms with van der Waals surface area (Å²) in [4.78, 5) is 1.49. The zero-order valence-electron chi connectivity index (χ0n) is 11.1. The number of aryl methyl sites for hydroxylation is 1. The Kier molecular flexibility index (Phi) is 5.13. The zero-order valence-corrected chi connectivity index (χ0v) is 11.1. The smallest absolute Gasteiger partial charge is 0.111 e. The lowest BCUT2D eigenvalue weighted by Crippen LogP contribution is -2.15. The lowest BCUT2D eigenvalue weighted by Gasteiger charge is -2.21. The van der Waals surface area contributed by atoms with Crippen molar-refractivity contribution in [1.29, 1.82) is 0 Å². The van der Waals surface area contributed by atoms with Crippen LogP contribution in [0.4, 0.5) is 0 Å². The summed E-state index contributed by atoms with van der Waals surface area (Å²) in [7, 11) is 1.77. The van der Waals surface area contributed by atoms with Crippen LogP contribution in [0.2, 0.25) is 0 Å². The van der Waals surface area contributed by atoms with Crippen molar-refractivity contribution in [2.75, 3.05) is 13.2 Å². The molecule has 102 valence electrons. The molecule has 0 bridgehead atoms. The average molecular weight is 253 g/mol. The maximum absolute atomic E-state index is 9.93. The zero-order chi connectivity index (χ0) is 12.8. The molecule has 5 heteroatoms. The summed E-state index contributed by atoms with van der Waals surface area (Å²) in [6.45, 7) is 1.85. The first-order valence-electron chi connectivity index (χ1n) is 6.87. The van der Waals surface area contributed by atoms with Gasteiger partial charge in [-0.15, -0.1) is 0 Å². The molecule has 2 heterocycles. The normalized spacial score (nSPS) is 19.0. The van der Waals surface area contributed by atoms with Crippen molar-refractivity contribution >= 4 is 0 Å². The molecule has 0 radical (unpaired) electrons. The maximum atomic E-state index is 9.93. The summed E-state index contributed by atoms with van der Waals surface area (Å²) >= 11 is 0. The summed E-state index contributed by atoms with van der Waals surface area (Å²) in [6, 6.07) is 0. The van der Waals surface area contributed by atoms with Crippen molar-refractivity contribution in [3.8, 4) is 0 Å². The molecule has 1 aliphatic rings. The first-order chi connectivity index (χ1) is 8.75. The van der Waals surface area contributed by atoms with Gasteiger partial charge in [0.25, 0.3) is 0 Å². The highest BCUT2D eigenvalue weighted by atomic mass is 16.5. The standard InChI is InChI=1S/C13H23N3O2/c1-16-14-10-12(15-16)13(17)5-3-2-4-11-6-8-18-9-7-11/h10-11,13,17H,2-9H2,1H3. The van der Waals surface area contributed by atoms with Gasteiger partial charge in [0.05, 0.1) is 12.3 Å². The minimum Gasteiger partial charge on any atom is -0.387 e. The number of aromatic nitrogens is 3. The molecule has 1 aromatic heterocycles. The number of rotatable bonds is 6. The molecule has 1 aromatic rings. The van der Waals surface area contributed by atoms with Crippen molar-refractivity contribution in [2.45, 2.75) is 44.6 Å². The third kappa shape index (κ3) is 4.07. The number of ether oxygens (including phenoxy) is 1. The van der Waals surface area contributed by atoms with E-state index in [0.717, 1.165) is 32.0 Å². The Morgan fingerprint density at radius 2 is 2.22 bits per heavy atom. The Labute approximate surface area is 108 Å². The largest absolute Gasteiger partial charge is 0.387 e. The SMILES string of the molecule is Cn1ncc(C(O)CCCCC2CCOCC2)n1. The Bertz CT molecular complexity index is 348. The molecule has 1 fully saturated rings. The van der Waals surface area contributed by atoms with E-state index < -0.39 is 6.10 Å². The molecule has 1 aliphatic heterocycles. The molecule has 1 N–H and O–H groups in total. The second-order valence-corrected chi connectivity index (χ2v) is 5.11. The van der Waals surface area contributed by atoms with Crippen molar-refractivity contribution in [2.24, 2.45) is 13.0 Å².